The fraction of sp³-hybridized carbons (Fsp3) is 0.700. The summed E-state index contributed by atoms with van der Waals surface area (Å²) in [6.07, 6.45) is 5.26. The molecule has 0 aliphatic heterocycles. The molecule has 0 saturated carbocycles. The Morgan fingerprint density at radius 1 is 0.900 bits per heavy atom. The highest BCUT2D eigenvalue weighted by atomic mass is 14.1. The van der Waals surface area contributed by atoms with Crippen LogP contribution in [-0.4, -0.2) is 0 Å². The van der Waals surface area contributed by atoms with Gasteiger partial charge in [-0.25, -0.2) is 0 Å². The van der Waals surface area contributed by atoms with Crippen LogP contribution < -0.4 is 0 Å². The van der Waals surface area contributed by atoms with Gasteiger partial charge in [0.1, 0.15) is 0 Å². The normalized spacial score (nSPS) is 10.8. The van der Waals surface area contributed by atoms with Gasteiger partial charge in [-0.15, -0.1) is 0 Å². The fourth-order valence-corrected chi connectivity index (χ4v) is 2.23. The molecule has 0 aliphatic carbocycles. The van der Waals surface area contributed by atoms with Crippen molar-refractivity contribution in [1.29, 1.82) is 0 Å². The van der Waals surface area contributed by atoms with Crippen LogP contribution in [0.15, 0.2) is 12.1 Å². The Morgan fingerprint density at radius 3 is 1.90 bits per heavy atom. The second kappa shape index (κ2) is 13.2. The number of benzene rings is 1. The second-order valence-corrected chi connectivity index (χ2v) is 5.21. The van der Waals surface area contributed by atoms with Crippen molar-refractivity contribution in [3.63, 3.8) is 0 Å². The lowest BCUT2D eigenvalue weighted by Crippen LogP contribution is -1.99. The van der Waals surface area contributed by atoms with Crippen molar-refractivity contribution in [3.8, 4) is 0 Å². The predicted octanol–water partition coefficient (Wildman–Crippen LogP) is 7.03. The molecule has 1 aromatic carbocycles. The van der Waals surface area contributed by atoms with E-state index in [1.54, 1.807) is 5.56 Å². The number of hydrogen-bond donors (Lipinski definition) is 0. The molecule has 0 amide bonds. The molecule has 1 unspecified atom stereocenters. The Balaban J connectivity index is 0. The molecule has 20 heavy (non-hydrogen) atoms. The first-order chi connectivity index (χ1) is 9.56. The molecule has 0 spiro atoms. The van der Waals surface area contributed by atoms with Crippen LogP contribution in [-0.2, 0) is 6.42 Å². The van der Waals surface area contributed by atoms with Gasteiger partial charge in [-0.05, 0) is 61.8 Å². The molecule has 0 radical (unpaired) electrons. The van der Waals surface area contributed by atoms with E-state index in [2.05, 4.69) is 46.8 Å². The Hall–Kier alpha value is -0.780. The Bertz CT molecular complexity index is 336. The van der Waals surface area contributed by atoms with E-state index in [4.69, 9.17) is 0 Å². The molecule has 1 atom stereocenters. The first-order valence-electron chi connectivity index (χ1n) is 8.62. The largest absolute Gasteiger partial charge is 0.0683 e. The molecule has 1 rings (SSSR count). The maximum Gasteiger partial charge on any atom is -0.0273 e. The van der Waals surface area contributed by atoms with E-state index in [-0.39, 0.29) is 0 Å². The molecule has 0 saturated heterocycles. The highest BCUT2D eigenvalue weighted by Gasteiger charge is 2.06. The van der Waals surface area contributed by atoms with Crippen molar-refractivity contribution in [1.82, 2.24) is 0 Å². The van der Waals surface area contributed by atoms with Gasteiger partial charge in [-0.2, -0.15) is 0 Å². The van der Waals surface area contributed by atoms with E-state index >= 15 is 0 Å². The molecule has 118 valence electrons. The highest BCUT2D eigenvalue weighted by Crippen LogP contribution is 2.21. The van der Waals surface area contributed by atoms with E-state index in [1.165, 1.54) is 42.4 Å². The van der Waals surface area contributed by atoms with Crippen molar-refractivity contribution in [2.24, 2.45) is 5.92 Å². The summed E-state index contributed by atoms with van der Waals surface area (Å²) >= 11 is 0. The van der Waals surface area contributed by atoms with Crippen LogP contribution in [0.25, 0.3) is 0 Å². The van der Waals surface area contributed by atoms with Gasteiger partial charge in [0.15, 0.2) is 0 Å². The van der Waals surface area contributed by atoms with E-state index in [1.807, 2.05) is 27.7 Å². The molecule has 0 aliphatic rings. The van der Waals surface area contributed by atoms with Gasteiger partial charge < -0.3 is 0 Å². The summed E-state index contributed by atoms with van der Waals surface area (Å²) in [5.74, 6) is 0.880. The summed E-state index contributed by atoms with van der Waals surface area (Å²) in [7, 11) is 0. The maximum absolute atomic E-state index is 2.36. The standard InChI is InChI=1S/C16H26.2C2H6/c1-6-12(2)8-7-9-16-14(4)11-10-13(3)15(16)5;2*1-2/h10-12H,6-9H2,1-5H3;2*1-2H3. The van der Waals surface area contributed by atoms with Gasteiger partial charge in [0.2, 0.25) is 0 Å². The molecule has 0 nitrogen and oxygen atoms in total. The lowest BCUT2D eigenvalue weighted by Gasteiger charge is -2.13. The molecular formula is C20H38. The molecule has 0 fully saturated rings. The van der Waals surface area contributed by atoms with E-state index in [9.17, 15) is 0 Å². The minimum Gasteiger partial charge on any atom is -0.0683 e. The highest BCUT2D eigenvalue weighted by molar-refractivity contribution is 5.39. The third-order valence-electron chi connectivity index (χ3n) is 3.92. The van der Waals surface area contributed by atoms with Crippen LogP contribution in [0, 0.1) is 26.7 Å². The Labute approximate surface area is 129 Å². The first-order valence-corrected chi connectivity index (χ1v) is 8.62. The van der Waals surface area contributed by atoms with Gasteiger partial charge in [-0.1, -0.05) is 66.5 Å². The van der Waals surface area contributed by atoms with Gasteiger partial charge in [-0.3, -0.25) is 0 Å². The van der Waals surface area contributed by atoms with Crippen molar-refractivity contribution >= 4 is 0 Å². The monoisotopic (exact) mass is 278 g/mol. The van der Waals surface area contributed by atoms with E-state index in [0.29, 0.717) is 0 Å². The molecule has 0 aromatic heterocycles. The Kier molecular flexibility index (Phi) is 14.2. The van der Waals surface area contributed by atoms with Crippen LogP contribution in [0.5, 0.6) is 0 Å². The quantitative estimate of drug-likeness (QED) is 0.542. The van der Waals surface area contributed by atoms with Crippen LogP contribution in [0.3, 0.4) is 0 Å². The summed E-state index contributed by atoms with van der Waals surface area (Å²) < 4.78 is 0. The van der Waals surface area contributed by atoms with Crippen molar-refractivity contribution in [2.45, 2.75) is 88.0 Å². The minimum absolute atomic E-state index is 0.880. The van der Waals surface area contributed by atoms with Crippen molar-refractivity contribution in [3.05, 3.63) is 34.4 Å². The number of aryl methyl sites for hydroxylation is 2. The van der Waals surface area contributed by atoms with Gasteiger partial charge >= 0.3 is 0 Å². The van der Waals surface area contributed by atoms with Crippen molar-refractivity contribution in [2.75, 3.05) is 0 Å². The number of rotatable bonds is 5. The molecule has 0 heterocycles. The topological polar surface area (TPSA) is 0 Å². The molecule has 0 N–H and O–H groups in total. The molecule has 0 bridgehead atoms. The third kappa shape index (κ3) is 7.72. The minimum atomic E-state index is 0.880. The zero-order valence-corrected chi connectivity index (χ0v) is 15.6. The average Bonchev–Trinajstić information content (AvgIpc) is 2.50. The molecule has 0 heteroatoms. The lowest BCUT2D eigenvalue weighted by atomic mass is 9.92. The SMILES string of the molecule is CC.CC.CCC(C)CCCc1c(C)ccc(C)c1C. The van der Waals surface area contributed by atoms with Crippen LogP contribution in [0.4, 0.5) is 0 Å². The predicted molar refractivity (Wildman–Crippen MR) is 95.7 cm³/mol. The third-order valence-corrected chi connectivity index (χ3v) is 3.92. The molecular weight excluding hydrogens is 240 g/mol. The van der Waals surface area contributed by atoms with Gasteiger partial charge in [0, 0.05) is 0 Å². The summed E-state index contributed by atoms with van der Waals surface area (Å²) in [6.45, 7) is 19.4. The van der Waals surface area contributed by atoms with E-state index in [0.717, 1.165) is 5.92 Å². The lowest BCUT2D eigenvalue weighted by molar-refractivity contribution is 0.495. The van der Waals surface area contributed by atoms with Crippen LogP contribution >= 0.6 is 0 Å². The van der Waals surface area contributed by atoms with Crippen LogP contribution in [0.2, 0.25) is 0 Å². The molecule has 1 aromatic rings. The zero-order valence-electron chi connectivity index (χ0n) is 15.6. The number of hydrogen-bond acceptors (Lipinski definition) is 0. The van der Waals surface area contributed by atoms with Gasteiger partial charge in [0.05, 0.1) is 0 Å². The average molecular weight is 279 g/mol. The van der Waals surface area contributed by atoms with Gasteiger partial charge in [0.25, 0.3) is 0 Å². The first kappa shape index (κ1) is 21.5. The maximum atomic E-state index is 2.36. The Morgan fingerprint density at radius 2 is 1.40 bits per heavy atom. The zero-order chi connectivity index (χ0) is 16.1. The summed E-state index contributed by atoms with van der Waals surface area (Å²) in [5, 5.41) is 0. The van der Waals surface area contributed by atoms with Crippen molar-refractivity contribution < 1.29 is 0 Å². The summed E-state index contributed by atoms with van der Waals surface area (Å²) in [4.78, 5) is 0. The van der Waals surface area contributed by atoms with Crippen LogP contribution in [0.1, 0.15) is 83.1 Å². The summed E-state index contributed by atoms with van der Waals surface area (Å²) in [5.41, 5.74) is 5.99. The summed E-state index contributed by atoms with van der Waals surface area (Å²) in [6, 6.07) is 4.50. The fourth-order valence-electron chi connectivity index (χ4n) is 2.23. The van der Waals surface area contributed by atoms with E-state index < -0.39 is 0 Å². The smallest absolute Gasteiger partial charge is 0.0273 e. The second-order valence-electron chi connectivity index (χ2n) is 5.21.